The SMILES string of the molecule is CC1(C)OP(Br)(Cc2ccccc2)(c2ccccc2)c2ccccc21. The van der Waals surface area contributed by atoms with E-state index in [9.17, 15) is 0 Å². The molecule has 0 N–H and O–H groups in total. The molecule has 1 aliphatic rings. The molecule has 0 unspecified atom stereocenters. The Morgan fingerprint density at radius 1 is 0.800 bits per heavy atom. The molecule has 0 fully saturated rings. The molecule has 0 saturated carbocycles. The first kappa shape index (κ1) is 17.0. The number of rotatable bonds is 3. The molecule has 1 heterocycles. The predicted octanol–water partition coefficient (Wildman–Crippen LogP) is 5.88. The Kier molecular flexibility index (Phi) is 3.92. The molecule has 0 aliphatic carbocycles. The molecule has 0 atom stereocenters. The van der Waals surface area contributed by atoms with E-state index in [1.165, 1.54) is 21.7 Å². The van der Waals surface area contributed by atoms with E-state index in [2.05, 4.69) is 114 Å². The van der Waals surface area contributed by atoms with Gasteiger partial charge in [0.15, 0.2) is 0 Å². The quantitative estimate of drug-likeness (QED) is 0.488. The average molecular weight is 413 g/mol. The van der Waals surface area contributed by atoms with Crippen LogP contribution in [0.4, 0.5) is 0 Å². The monoisotopic (exact) mass is 412 g/mol. The summed E-state index contributed by atoms with van der Waals surface area (Å²) >= 11 is 4.28. The van der Waals surface area contributed by atoms with E-state index in [1.54, 1.807) is 0 Å². The van der Waals surface area contributed by atoms with Crippen LogP contribution < -0.4 is 10.6 Å². The molecule has 0 amide bonds. The van der Waals surface area contributed by atoms with Crippen molar-refractivity contribution in [1.82, 2.24) is 0 Å². The maximum absolute atomic E-state index is 7.03. The van der Waals surface area contributed by atoms with Crippen LogP contribution in [0.1, 0.15) is 25.0 Å². The average Bonchev–Trinajstić information content (AvgIpc) is 2.82. The summed E-state index contributed by atoms with van der Waals surface area (Å²) in [6.07, 6.45) is 0.844. The fourth-order valence-corrected chi connectivity index (χ4v) is 12.4. The molecule has 128 valence electrons. The molecule has 3 aromatic carbocycles. The van der Waals surface area contributed by atoms with Crippen molar-refractivity contribution >= 4 is 31.6 Å². The van der Waals surface area contributed by atoms with Crippen LogP contribution >= 0.6 is 21.0 Å². The minimum absolute atomic E-state index is 0.331. The van der Waals surface area contributed by atoms with Gasteiger partial charge in [0.2, 0.25) is 0 Å². The van der Waals surface area contributed by atoms with Crippen LogP contribution in [-0.4, -0.2) is 0 Å². The van der Waals surface area contributed by atoms with E-state index in [0.717, 1.165) is 6.16 Å². The zero-order valence-corrected chi connectivity index (χ0v) is 17.0. The summed E-state index contributed by atoms with van der Waals surface area (Å²) in [5, 5.41) is 2.56. The van der Waals surface area contributed by atoms with Crippen molar-refractivity contribution in [1.29, 1.82) is 0 Å². The van der Waals surface area contributed by atoms with Gasteiger partial charge in [0.25, 0.3) is 0 Å². The van der Waals surface area contributed by atoms with Crippen molar-refractivity contribution in [3.05, 3.63) is 96.1 Å². The second-order valence-electron chi connectivity index (χ2n) is 7.20. The van der Waals surface area contributed by atoms with Gasteiger partial charge in [-0.1, -0.05) is 0 Å². The molecule has 0 spiro atoms. The Labute approximate surface area is 157 Å². The molecule has 0 aromatic heterocycles. The fourth-order valence-electron chi connectivity index (χ4n) is 3.98. The molecule has 3 heteroatoms. The van der Waals surface area contributed by atoms with E-state index in [1.807, 2.05) is 0 Å². The number of halogens is 1. The summed E-state index contributed by atoms with van der Waals surface area (Å²) in [6, 6.07) is 30.0. The van der Waals surface area contributed by atoms with Crippen molar-refractivity contribution in [2.24, 2.45) is 0 Å². The number of fused-ring (bicyclic) bond motifs is 1. The Balaban J connectivity index is 2.02. The first-order valence-electron chi connectivity index (χ1n) is 8.57. The summed E-state index contributed by atoms with van der Waals surface area (Å²) in [4.78, 5) is 0. The van der Waals surface area contributed by atoms with Gasteiger partial charge in [-0.3, -0.25) is 0 Å². The minimum atomic E-state index is -3.00. The fraction of sp³-hybridized carbons (Fsp3) is 0.182. The Morgan fingerprint density at radius 3 is 2.04 bits per heavy atom. The summed E-state index contributed by atoms with van der Waals surface area (Å²) in [5.74, 6) is 0. The maximum atomic E-state index is 7.03. The van der Waals surface area contributed by atoms with Crippen LogP contribution in [0.5, 0.6) is 0 Å². The van der Waals surface area contributed by atoms with Crippen LogP contribution in [0.3, 0.4) is 0 Å². The molecule has 0 radical (unpaired) electrons. The van der Waals surface area contributed by atoms with Gasteiger partial charge in [0, 0.05) is 0 Å². The third kappa shape index (κ3) is 2.59. The zero-order valence-electron chi connectivity index (χ0n) is 14.5. The molecule has 1 nitrogen and oxygen atoms in total. The summed E-state index contributed by atoms with van der Waals surface area (Å²) in [5.41, 5.74) is -0.763. The molecular weight excluding hydrogens is 391 g/mol. The number of hydrogen-bond acceptors (Lipinski definition) is 1. The molecule has 0 bridgehead atoms. The first-order chi connectivity index (χ1) is 11.9. The Hall–Kier alpha value is -1.47. The predicted molar refractivity (Wildman–Crippen MR) is 112 cm³/mol. The molecule has 0 saturated heterocycles. The Morgan fingerprint density at radius 2 is 1.36 bits per heavy atom. The third-order valence-electron chi connectivity index (χ3n) is 5.03. The normalized spacial score (nSPS) is 21.0. The molecule has 4 rings (SSSR count). The van der Waals surface area contributed by atoms with Crippen molar-refractivity contribution in [2.75, 3.05) is 0 Å². The molecule has 1 aliphatic heterocycles. The Bertz CT molecular complexity index is 910. The zero-order chi connectivity index (χ0) is 17.6. The summed E-state index contributed by atoms with van der Waals surface area (Å²) in [6.45, 7) is 4.35. The van der Waals surface area contributed by atoms with Gasteiger partial charge in [-0.25, -0.2) is 0 Å². The van der Waals surface area contributed by atoms with Crippen LogP contribution in [0.2, 0.25) is 0 Å². The van der Waals surface area contributed by atoms with Gasteiger partial charge in [-0.2, -0.15) is 0 Å². The van der Waals surface area contributed by atoms with Gasteiger partial charge < -0.3 is 0 Å². The van der Waals surface area contributed by atoms with E-state index >= 15 is 0 Å². The second-order valence-corrected chi connectivity index (χ2v) is 15.4. The molecule has 3 aromatic rings. The van der Waals surface area contributed by atoms with Gasteiger partial charge in [0.1, 0.15) is 0 Å². The standard InChI is InChI=1S/C22H22BrOP/c1-22(2)20-15-9-10-16-21(20)25(23,24-22,19-13-7-4-8-14-19)17-18-11-5-3-6-12-18/h3-16H,17H2,1-2H3. The van der Waals surface area contributed by atoms with Crippen molar-refractivity contribution in [3.63, 3.8) is 0 Å². The van der Waals surface area contributed by atoms with Gasteiger partial charge in [-0.15, -0.1) is 0 Å². The van der Waals surface area contributed by atoms with Gasteiger partial charge in [0.05, 0.1) is 0 Å². The van der Waals surface area contributed by atoms with Crippen LogP contribution in [-0.2, 0) is 16.3 Å². The summed E-state index contributed by atoms with van der Waals surface area (Å²) in [7, 11) is 0. The first-order valence-corrected chi connectivity index (χ1v) is 12.9. The van der Waals surface area contributed by atoms with Gasteiger partial charge in [-0.05, 0) is 0 Å². The van der Waals surface area contributed by atoms with E-state index < -0.39 is 5.53 Å². The van der Waals surface area contributed by atoms with Crippen LogP contribution in [0.15, 0.2) is 84.9 Å². The van der Waals surface area contributed by atoms with E-state index in [0.29, 0.717) is 0 Å². The third-order valence-corrected chi connectivity index (χ3v) is 13.0. The van der Waals surface area contributed by atoms with Crippen molar-refractivity contribution in [3.8, 4) is 0 Å². The topological polar surface area (TPSA) is 9.23 Å². The molecule has 25 heavy (non-hydrogen) atoms. The number of hydrogen-bond donors (Lipinski definition) is 0. The number of benzene rings is 3. The van der Waals surface area contributed by atoms with Crippen molar-refractivity contribution in [2.45, 2.75) is 25.6 Å². The van der Waals surface area contributed by atoms with Crippen molar-refractivity contribution < 1.29 is 4.52 Å². The van der Waals surface area contributed by atoms with E-state index in [4.69, 9.17) is 4.52 Å². The van der Waals surface area contributed by atoms with Gasteiger partial charge >= 0.3 is 158 Å². The second kappa shape index (κ2) is 5.77. The molecular formula is C22H22BrOP. The summed E-state index contributed by atoms with van der Waals surface area (Å²) < 4.78 is 7.03. The van der Waals surface area contributed by atoms with Crippen LogP contribution in [0, 0.1) is 0 Å². The van der Waals surface area contributed by atoms with E-state index in [-0.39, 0.29) is 5.60 Å². The van der Waals surface area contributed by atoms with Crippen LogP contribution in [0.25, 0.3) is 0 Å².